The predicted molar refractivity (Wildman–Crippen MR) is 227 cm³/mol. The van der Waals surface area contributed by atoms with Gasteiger partial charge in [0.05, 0.1) is 0 Å². The van der Waals surface area contributed by atoms with E-state index in [-0.39, 0.29) is 16.7 Å². The zero-order valence-electron chi connectivity index (χ0n) is 32.7. The van der Waals surface area contributed by atoms with Crippen LogP contribution >= 0.6 is 7.82 Å². The Labute approximate surface area is 325 Å². The molecule has 4 nitrogen and oxygen atoms in total. The van der Waals surface area contributed by atoms with Gasteiger partial charge in [-0.05, 0) is 102 Å². The molecule has 5 heteroatoms. The zero-order chi connectivity index (χ0) is 38.4. The summed E-state index contributed by atoms with van der Waals surface area (Å²) < 4.78 is 26.9. The molecule has 276 valence electrons. The van der Waals surface area contributed by atoms with Crippen LogP contribution in [0.15, 0.2) is 121 Å². The van der Waals surface area contributed by atoms with Gasteiger partial charge in [-0.25, -0.2) is 4.57 Å². The number of phosphoric ester groups is 1. The number of benzene rings is 6. The molecule has 0 radical (unpaired) electrons. The molecule has 0 bridgehead atoms. The summed E-state index contributed by atoms with van der Waals surface area (Å²) in [5, 5.41) is 0. The van der Waals surface area contributed by atoms with Crippen molar-refractivity contribution in [2.75, 3.05) is 0 Å². The number of aryl methyl sites for hydroxylation is 1. The maximum Gasteiger partial charge on any atom is 0.584 e. The highest BCUT2D eigenvalue weighted by atomic mass is 31.2. The molecular formula is C50H47O4P. The lowest BCUT2D eigenvalue weighted by Crippen LogP contribution is -2.15. The molecule has 2 aliphatic carbocycles. The summed E-state index contributed by atoms with van der Waals surface area (Å²) in [5.74, 6) is 0.927. The summed E-state index contributed by atoms with van der Waals surface area (Å²) in [7, 11) is -4.68. The SMILES string of the molecule is C[C@@H]1CCc2cc(-c3ccc(C(C)(C)C)cc3)c3c(c2C1=C1c2ccccc2-c2ccccc21)-c1cccc(-c2ccc(C(C)(C)C)cc2)c1OP(=O)(O)O3. The Hall–Kier alpha value is -5.15. The summed E-state index contributed by atoms with van der Waals surface area (Å²) in [6.45, 7) is 15.5. The highest BCUT2D eigenvalue weighted by Gasteiger charge is 2.41. The Morgan fingerprint density at radius 3 is 1.58 bits per heavy atom. The van der Waals surface area contributed by atoms with Gasteiger partial charge in [0.25, 0.3) is 0 Å². The minimum absolute atomic E-state index is 0.0190. The summed E-state index contributed by atoms with van der Waals surface area (Å²) in [6, 6.07) is 42.6. The number of fused-ring (bicyclic) bond motifs is 8. The largest absolute Gasteiger partial charge is 0.584 e. The maximum absolute atomic E-state index is 14.3. The molecule has 0 saturated carbocycles. The van der Waals surface area contributed by atoms with Gasteiger partial charge in [0.2, 0.25) is 0 Å². The highest BCUT2D eigenvalue weighted by molar-refractivity contribution is 7.48. The van der Waals surface area contributed by atoms with Crippen LogP contribution in [0, 0.1) is 5.92 Å². The molecule has 55 heavy (non-hydrogen) atoms. The van der Waals surface area contributed by atoms with Crippen LogP contribution in [0.5, 0.6) is 11.5 Å². The molecule has 9 rings (SSSR count). The third kappa shape index (κ3) is 5.98. The second-order valence-electron chi connectivity index (χ2n) is 17.5. The van der Waals surface area contributed by atoms with E-state index in [0.29, 0.717) is 11.5 Å². The van der Waals surface area contributed by atoms with Crippen LogP contribution in [0.4, 0.5) is 0 Å². The molecule has 0 amide bonds. The van der Waals surface area contributed by atoms with Crippen LogP contribution in [0.1, 0.15) is 88.3 Å². The van der Waals surface area contributed by atoms with Gasteiger partial charge in [0.1, 0.15) is 11.5 Å². The Kier molecular flexibility index (Phi) is 8.21. The average Bonchev–Trinajstić information content (AvgIpc) is 3.41. The standard InChI is InChI=1S/C50H47O4P/c1-30-19-20-33-29-42(32-23-27-35(28-24-32)50(5,6)7)48-46(44(33)43(30)45-39-15-10-8-13-37(39)38-14-9-11-16-40(38)45)41-18-12-17-36(47(41)53-55(51,52)54-48)31-21-25-34(26-22-31)49(2,3)4/h8-18,21-30H,19-20H2,1-7H3,(H,51,52)/t30-/m1/s1. The third-order valence-electron chi connectivity index (χ3n) is 11.7. The van der Waals surface area contributed by atoms with Crippen molar-refractivity contribution in [3.05, 3.63) is 155 Å². The normalized spacial score (nSPS) is 18.6. The summed E-state index contributed by atoms with van der Waals surface area (Å²) >= 11 is 0. The molecule has 1 unspecified atom stereocenters. The summed E-state index contributed by atoms with van der Waals surface area (Å²) in [6.07, 6.45) is 1.83. The fourth-order valence-corrected chi connectivity index (χ4v) is 9.73. The minimum atomic E-state index is -4.68. The number of para-hydroxylation sites is 1. The van der Waals surface area contributed by atoms with Crippen molar-refractivity contribution in [1.82, 2.24) is 0 Å². The van der Waals surface area contributed by atoms with E-state index >= 15 is 0 Å². The van der Waals surface area contributed by atoms with Crippen LogP contribution in [0.2, 0.25) is 0 Å². The number of phosphoric acid groups is 1. The van der Waals surface area contributed by atoms with Crippen molar-refractivity contribution in [2.45, 2.75) is 72.1 Å². The molecule has 3 aliphatic rings. The fourth-order valence-electron chi connectivity index (χ4n) is 8.84. The number of hydrogen-bond donors (Lipinski definition) is 1. The smallest absolute Gasteiger partial charge is 0.394 e. The first-order valence-electron chi connectivity index (χ1n) is 19.4. The van der Waals surface area contributed by atoms with E-state index in [0.717, 1.165) is 51.8 Å². The molecule has 1 heterocycles. The molecular weight excluding hydrogens is 696 g/mol. The van der Waals surface area contributed by atoms with Gasteiger partial charge in [0.15, 0.2) is 0 Å². The van der Waals surface area contributed by atoms with Gasteiger partial charge in [-0.2, -0.15) is 0 Å². The van der Waals surface area contributed by atoms with E-state index in [9.17, 15) is 9.46 Å². The van der Waals surface area contributed by atoms with E-state index in [1.807, 2.05) is 18.2 Å². The van der Waals surface area contributed by atoms with Crippen molar-refractivity contribution < 1.29 is 18.5 Å². The van der Waals surface area contributed by atoms with Crippen molar-refractivity contribution in [1.29, 1.82) is 0 Å². The maximum atomic E-state index is 14.3. The van der Waals surface area contributed by atoms with Gasteiger partial charge < -0.3 is 9.05 Å². The van der Waals surface area contributed by atoms with Gasteiger partial charge in [0, 0.05) is 22.3 Å². The fraction of sp³-hybridized carbons (Fsp3) is 0.240. The van der Waals surface area contributed by atoms with E-state index in [1.54, 1.807) is 0 Å². The van der Waals surface area contributed by atoms with E-state index in [2.05, 4.69) is 152 Å². The van der Waals surface area contributed by atoms with Crippen molar-refractivity contribution >= 4 is 19.0 Å². The van der Waals surface area contributed by atoms with Crippen LogP contribution < -0.4 is 9.05 Å². The van der Waals surface area contributed by atoms with E-state index in [4.69, 9.17) is 9.05 Å². The van der Waals surface area contributed by atoms with Crippen LogP contribution in [0.25, 0.3) is 55.7 Å². The first-order valence-corrected chi connectivity index (χ1v) is 20.9. The molecule has 2 atom stereocenters. The molecule has 0 fully saturated rings. The average molecular weight is 743 g/mol. The second-order valence-corrected chi connectivity index (χ2v) is 18.8. The van der Waals surface area contributed by atoms with Gasteiger partial charge in [-0.1, -0.05) is 164 Å². The Morgan fingerprint density at radius 2 is 1.04 bits per heavy atom. The first kappa shape index (κ1) is 35.5. The lowest BCUT2D eigenvalue weighted by Gasteiger charge is -2.32. The van der Waals surface area contributed by atoms with Gasteiger partial charge in [-0.15, -0.1) is 0 Å². The molecule has 6 aromatic rings. The second kappa shape index (κ2) is 12.7. The van der Waals surface area contributed by atoms with Crippen molar-refractivity contribution in [3.63, 3.8) is 0 Å². The zero-order valence-corrected chi connectivity index (χ0v) is 33.6. The Bertz CT molecular complexity index is 2550. The number of rotatable bonds is 2. The minimum Gasteiger partial charge on any atom is -0.394 e. The summed E-state index contributed by atoms with van der Waals surface area (Å²) in [5.41, 5.74) is 16.9. The highest BCUT2D eigenvalue weighted by Crippen LogP contribution is 2.62. The molecule has 1 aliphatic heterocycles. The van der Waals surface area contributed by atoms with Crippen LogP contribution in [0.3, 0.4) is 0 Å². The van der Waals surface area contributed by atoms with Crippen molar-refractivity contribution in [2.24, 2.45) is 5.92 Å². The third-order valence-corrected chi connectivity index (χ3v) is 12.6. The molecule has 6 aromatic carbocycles. The predicted octanol–water partition coefficient (Wildman–Crippen LogP) is 13.7. The monoisotopic (exact) mass is 742 g/mol. The molecule has 0 aromatic heterocycles. The van der Waals surface area contributed by atoms with E-state index < -0.39 is 7.82 Å². The molecule has 0 saturated heterocycles. The Balaban J connectivity index is 1.40. The Morgan fingerprint density at radius 1 is 0.564 bits per heavy atom. The lowest BCUT2D eigenvalue weighted by atomic mass is 9.72. The lowest BCUT2D eigenvalue weighted by molar-refractivity contribution is 0.295. The van der Waals surface area contributed by atoms with Gasteiger partial charge >= 0.3 is 7.82 Å². The van der Waals surface area contributed by atoms with E-state index in [1.165, 1.54) is 50.1 Å². The van der Waals surface area contributed by atoms with Gasteiger partial charge in [-0.3, -0.25) is 4.89 Å². The topological polar surface area (TPSA) is 55.8 Å². The van der Waals surface area contributed by atoms with Crippen LogP contribution in [-0.2, 0) is 21.8 Å². The molecule has 1 N–H and O–H groups in total. The van der Waals surface area contributed by atoms with Crippen molar-refractivity contribution in [3.8, 4) is 56.0 Å². The first-order chi connectivity index (χ1) is 26.2. The summed E-state index contributed by atoms with van der Waals surface area (Å²) in [4.78, 5) is 11.7. The van der Waals surface area contributed by atoms with Crippen LogP contribution in [-0.4, -0.2) is 4.89 Å². The number of allylic oxidation sites excluding steroid dienone is 1. The number of hydrogen-bond acceptors (Lipinski definition) is 3. The quantitative estimate of drug-likeness (QED) is 0.179. The molecule has 0 spiro atoms.